The minimum Gasteiger partial charge on any atom is -0.357 e. The molecule has 0 aliphatic heterocycles. The van der Waals surface area contributed by atoms with Gasteiger partial charge >= 0.3 is 0 Å². The Morgan fingerprint density at radius 2 is 1.72 bits per heavy atom. The van der Waals surface area contributed by atoms with Crippen LogP contribution in [-0.2, 0) is 11.2 Å². The van der Waals surface area contributed by atoms with Crippen molar-refractivity contribution in [3.05, 3.63) is 35.4 Å². The maximum atomic E-state index is 13.1. The number of hydrogen-bond acceptors (Lipinski definition) is 2. The maximum absolute atomic E-state index is 13.1. The first-order chi connectivity index (χ1) is 11.2. The zero-order valence-electron chi connectivity index (χ0n) is 15.1. The number of nitrogens with zero attached hydrogens (tertiary/aromatic N) is 1. The van der Waals surface area contributed by atoms with Crippen LogP contribution in [0.1, 0.15) is 33.3 Å². The van der Waals surface area contributed by atoms with Crippen molar-refractivity contribution in [2.24, 2.45) is 4.99 Å². The highest BCUT2D eigenvalue weighted by Crippen LogP contribution is 2.08. The highest BCUT2D eigenvalue weighted by molar-refractivity contribution is 14.0. The van der Waals surface area contributed by atoms with Crippen molar-refractivity contribution >= 4 is 35.8 Å². The smallest absolute Gasteiger partial charge is 0.242 e. The molecule has 1 aromatic carbocycles. The van der Waals surface area contributed by atoms with E-state index in [0.717, 1.165) is 6.07 Å². The lowest BCUT2D eigenvalue weighted by Gasteiger charge is -2.20. The Labute approximate surface area is 165 Å². The molecule has 25 heavy (non-hydrogen) atoms. The number of aliphatic imine (C=N–C) groups is 1. The molecule has 8 heteroatoms. The monoisotopic (exact) mass is 468 g/mol. The highest BCUT2D eigenvalue weighted by atomic mass is 127. The number of nitrogens with one attached hydrogen (secondary N) is 3. The first-order valence-corrected chi connectivity index (χ1v) is 7.98. The molecule has 0 saturated carbocycles. The second kappa shape index (κ2) is 11.2. The summed E-state index contributed by atoms with van der Waals surface area (Å²) in [6.07, 6.45) is 0.438. The van der Waals surface area contributed by atoms with Gasteiger partial charge in [0.25, 0.3) is 0 Å². The summed E-state index contributed by atoms with van der Waals surface area (Å²) < 4.78 is 26.3. The third-order valence-electron chi connectivity index (χ3n) is 2.87. The van der Waals surface area contributed by atoms with Crippen molar-refractivity contribution in [1.29, 1.82) is 0 Å². The Kier molecular flexibility index (Phi) is 10.6. The number of rotatable bonds is 6. The van der Waals surface area contributed by atoms with Gasteiger partial charge in [0, 0.05) is 24.7 Å². The van der Waals surface area contributed by atoms with Crippen LogP contribution in [0, 0.1) is 11.6 Å². The standard InChI is InChI=1S/C17H26F2N4O.HI/c1-5-20-16(22-11-15(24)23-17(2,3)4)21-7-6-12-8-13(18)10-14(19)9-12;/h8-10H,5-7,11H2,1-4H3,(H,23,24)(H2,20,21,22);1H. The summed E-state index contributed by atoms with van der Waals surface area (Å²) in [6.45, 7) is 8.69. The fourth-order valence-electron chi connectivity index (χ4n) is 2.03. The molecule has 0 bridgehead atoms. The molecule has 3 N–H and O–H groups in total. The largest absolute Gasteiger partial charge is 0.357 e. The van der Waals surface area contributed by atoms with E-state index >= 15 is 0 Å². The first-order valence-electron chi connectivity index (χ1n) is 7.98. The number of guanidine groups is 1. The number of halogens is 3. The zero-order valence-corrected chi connectivity index (χ0v) is 17.4. The maximum Gasteiger partial charge on any atom is 0.242 e. The molecule has 0 unspecified atom stereocenters. The summed E-state index contributed by atoms with van der Waals surface area (Å²) in [6, 6.07) is 3.44. The Balaban J connectivity index is 0.00000576. The summed E-state index contributed by atoms with van der Waals surface area (Å²) in [4.78, 5) is 16.0. The van der Waals surface area contributed by atoms with Gasteiger partial charge in [-0.05, 0) is 51.8 Å². The SMILES string of the molecule is CCNC(=NCC(=O)NC(C)(C)C)NCCc1cc(F)cc(F)c1.I. The molecule has 0 spiro atoms. The average Bonchev–Trinajstić information content (AvgIpc) is 2.42. The third kappa shape index (κ3) is 10.9. The fourth-order valence-corrected chi connectivity index (χ4v) is 2.03. The molecule has 5 nitrogen and oxygen atoms in total. The second-order valence-electron chi connectivity index (χ2n) is 6.45. The van der Waals surface area contributed by atoms with Crippen LogP contribution in [0.4, 0.5) is 8.78 Å². The van der Waals surface area contributed by atoms with Gasteiger partial charge < -0.3 is 16.0 Å². The summed E-state index contributed by atoms with van der Waals surface area (Å²) in [5.74, 6) is -0.876. The molecule has 1 aromatic rings. The van der Waals surface area contributed by atoms with Crippen molar-refractivity contribution in [3.63, 3.8) is 0 Å². The van der Waals surface area contributed by atoms with Crippen molar-refractivity contribution in [2.75, 3.05) is 19.6 Å². The Morgan fingerprint density at radius 1 is 1.12 bits per heavy atom. The molecule has 0 atom stereocenters. The van der Waals surface area contributed by atoms with Crippen molar-refractivity contribution in [1.82, 2.24) is 16.0 Å². The van der Waals surface area contributed by atoms with E-state index in [9.17, 15) is 13.6 Å². The molecule has 0 aromatic heterocycles. The number of amides is 1. The molecule has 1 amide bonds. The van der Waals surface area contributed by atoms with E-state index in [0.29, 0.717) is 31.0 Å². The van der Waals surface area contributed by atoms with Crippen LogP contribution in [0.3, 0.4) is 0 Å². The van der Waals surface area contributed by atoms with Gasteiger partial charge in [0.1, 0.15) is 18.2 Å². The average molecular weight is 468 g/mol. The van der Waals surface area contributed by atoms with E-state index in [2.05, 4.69) is 20.9 Å². The van der Waals surface area contributed by atoms with Crippen molar-refractivity contribution in [3.8, 4) is 0 Å². The van der Waals surface area contributed by atoms with E-state index in [1.165, 1.54) is 12.1 Å². The van der Waals surface area contributed by atoms with Crippen LogP contribution in [-0.4, -0.2) is 37.0 Å². The van der Waals surface area contributed by atoms with E-state index in [4.69, 9.17) is 0 Å². The predicted molar refractivity (Wildman–Crippen MR) is 107 cm³/mol. The van der Waals surface area contributed by atoms with Crippen LogP contribution < -0.4 is 16.0 Å². The molecule has 0 aliphatic rings. The van der Waals surface area contributed by atoms with Crippen LogP contribution in [0.25, 0.3) is 0 Å². The lowest BCUT2D eigenvalue weighted by atomic mass is 10.1. The highest BCUT2D eigenvalue weighted by Gasteiger charge is 2.13. The Morgan fingerprint density at radius 3 is 2.24 bits per heavy atom. The molecule has 142 valence electrons. The fraction of sp³-hybridized carbons (Fsp3) is 0.529. The van der Waals surface area contributed by atoms with Crippen LogP contribution in [0.5, 0.6) is 0 Å². The lowest BCUT2D eigenvalue weighted by Crippen LogP contribution is -2.43. The van der Waals surface area contributed by atoms with Gasteiger partial charge in [0.05, 0.1) is 0 Å². The van der Waals surface area contributed by atoms with Gasteiger partial charge in [-0.25, -0.2) is 13.8 Å². The van der Waals surface area contributed by atoms with Crippen LogP contribution >= 0.6 is 24.0 Å². The van der Waals surface area contributed by atoms with Gasteiger partial charge in [-0.1, -0.05) is 0 Å². The predicted octanol–water partition coefficient (Wildman–Crippen LogP) is 2.60. The summed E-state index contributed by atoms with van der Waals surface area (Å²) in [7, 11) is 0. The molecule has 0 radical (unpaired) electrons. The van der Waals surface area contributed by atoms with Gasteiger partial charge in [0.2, 0.25) is 5.91 Å². The topological polar surface area (TPSA) is 65.5 Å². The van der Waals surface area contributed by atoms with E-state index in [-0.39, 0.29) is 42.0 Å². The molecule has 0 saturated heterocycles. The molecule has 1 rings (SSSR count). The first kappa shape index (κ1) is 23.5. The zero-order chi connectivity index (χ0) is 18.2. The number of hydrogen-bond donors (Lipinski definition) is 3. The van der Waals surface area contributed by atoms with Crippen molar-refractivity contribution in [2.45, 2.75) is 39.7 Å². The minimum atomic E-state index is -0.593. The molecule has 0 aliphatic carbocycles. The van der Waals surface area contributed by atoms with E-state index in [1.807, 2.05) is 27.7 Å². The molecular weight excluding hydrogens is 441 g/mol. The number of benzene rings is 1. The second-order valence-corrected chi connectivity index (χ2v) is 6.45. The number of carbonyl (C=O) groups excluding carboxylic acids is 1. The summed E-state index contributed by atoms with van der Waals surface area (Å²) in [5, 5.41) is 8.89. The molecule has 0 heterocycles. The van der Waals surface area contributed by atoms with Crippen molar-refractivity contribution < 1.29 is 13.6 Å². The van der Waals surface area contributed by atoms with Crippen LogP contribution in [0.15, 0.2) is 23.2 Å². The lowest BCUT2D eigenvalue weighted by molar-refractivity contribution is -0.121. The number of carbonyl (C=O) groups is 1. The quantitative estimate of drug-likeness (QED) is 0.342. The summed E-state index contributed by atoms with van der Waals surface area (Å²) >= 11 is 0. The third-order valence-corrected chi connectivity index (χ3v) is 2.87. The molecule has 0 fully saturated rings. The van der Waals surface area contributed by atoms with Gasteiger partial charge in [-0.15, -0.1) is 24.0 Å². The minimum absolute atomic E-state index is 0. The molecular formula is C17H27F2IN4O. The van der Waals surface area contributed by atoms with E-state index < -0.39 is 11.6 Å². The van der Waals surface area contributed by atoms with Gasteiger partial charge in [-0.2, -0.15) is 0 Å². The van der Waals surface area contributed by atoms with Crippen LogP contribution in [0.2, 0.25) is 0 Å². The summed E-state index contributed by atoms with van der Waals surface area (Å²) in [5.41, 5.74) is 0.251. The Bertz CT molecular complexity index is 568. The Hall–Kier alpha value is -1.45. The van der Waals surface area contributed by atoms with E-state index in [1.54, 1.807) is 0 Å². The van der Waals surface area contributed by atoms with Gasteiger partial charge in [-0.3, -0.25) is 4.79 Å². The normalized spacial score (nSPS) is 11.5. The van der Waals surface area contributed by atoms with Gasteiger partial charge in [0.15, 0.2) is 5.96 Å².